The van der Waals surface area contributed by atoms with Crippen LogP contribution in [0.3, 0.4) is 0 Å². The van der Waals surface area contributed by atoms with Crippen molar-refractivity contribution < 1.29 is 24.4 Å². The van der Waals surface area contributed by atoms with Crippen LogP contribution < -0.4 is 0 Å². The lowest BCUT2D eigenvalue weighted by molar-refractivity contribution is -0.314. The van der Waals surface area contributed by atoms with Gasteiger partial charge in [0, 0.05) is 5.56 Å². The van der Waals surface area contributed by atoms with Crippen LogP contribution in [0.2, 0.25) is 0 Å². The lowest BCUT2D eigenvalue weighted by Crippen LogP contribution is -2.58. The van der Waals surface area contributed by atoms with Crippen molar-refractivity contribution in [1.82, 2.24) is 0 Å². The van der Waals surface area contributed by atoms with Crippen molar-refractivity contribution >= 4 is 0 Å². The summed E-state index contributed by atoms with van der Waals surface area (Å²) >= 11 is 0. The van der Waals surface area contributed by atoms with Gasteiger partial charge in [-0.25, -0.2) is 0 Å². The normalized spacial score (nSPS) is 40.2. The predicted molar refractivity (Wildman–Crippen MR) is 61.8 cm³/mol. The van der Waals surface area contributed by atoms with E-state index in [0.29, 0.717) is 6.61 Å². The molecule has 0 saturated carbocycles. The number of hydrogen-bond donors (Lipinski definition) is 2. The van der Waals surface area contributed by atoms with E-state index < -0.39 is 24.6 Å². The molecule has 5 nitrogen and oxygen atoms in total. The molecule has 2 N–H and O–H groups in total. The molecule has 18 heavy (non-hydrogen) atoms. The Morgan fingerprint density at radius 1 is 1.00 bits per heavy atom. The second kappa shape index (κ2) is 4.95. The Morgan fingerprint density at radius 3 is 2.56 bits per heavy atom. The summed E-state index contributed by atoms with van der Waals surface area (Å²) < 4.78 is 16.7. The summed E-state index contributed by atoms with van der Waals surface area (Å²) in [5.74, 6) is 0. The maximum absolute atomic E-state index is 9.93. The number of aliphatic hydroxyl groups is 2. The third-order valence-electron chi connectivity index (χ3n) is 3.34. The zero-order chi connectivity index (χ0) is 12.5. The van der Waals surface area contributed by atoms with Gasteiger partial charge in [-0.15, -0.1) is 0 Å². The van der Waals surface area contributed by atoms with Gasteiger partial charge in [-0.2, -0.15) is 0 Å². The van der Waals surface area contributed by atoms with Crippen LogP contribution in [0, 0.1) is 0 Å². The smallest absolute Gasteiger partial charge is 0.184 e. The van der Waals surface area contributed by atoms with Gasteiger partial charge in [0.15, 0.2) is 6.29 Å². The molecule has 0 spiro atoms. The second-order valence-electron chi connectivity index (χ2n) is 4.61. The minimum absolute atomic E-state index is 0.116. The Balaban J connectivity index is 1.75. The van der Waals surface area contributed by atoms with E-state index in [0.717, 1.165) is 5.56 Å². The van der Waals surface area contributed by atoms with Crippen LogP contribution in [0.15, 0.2) is 30.3 Å². The van der Waals surface area contributed by atoms with Gasteiger partial charge < -0.3 is 24.4 Å². The van der Waals surface area contributed by atoms with Gasteiger partial charge in [-0.05, 0) is 0 Å². The van der Waals surface area contributed by atoms with Crippen molar-refractivity contribution in [3.63, 3.8) is 0 Å². The third-order valence-corrected chi connectivity index (χ3v) is 3.34. The van der Waals surface area contributed by atoms with Crippen molar-refractivity contribution in [2.75, 3.05) is 13.2 Å². The van der Waals surface area contributed by atoms with E-state index in [2.05, 4.69) is 0 Å². The zero-order valence-electron chi connectivity index (χ0n) is 9.81. The molecule has 1 aromatic carbocycles. The number of ether oxygens (including phenoxy) is 3. The molecule has 98 valence electrons. The molecule has 2 aliphatic rings. The molecule has 3 rings (SSSR count). The van der Waals surface area contributed by atoms with Crippen LogP contribution in [0.5, 0.6) is 0 Å². The van der Waals surface area contributed by atoms with Gasteiger partial charge in [0.25, 0.3) is 0 Å². The molecule has 0 aromatic heterocycles. The van der Waals surface area contributed by atoms with E-state index in [-0.39, 0.29) is 12.7 Å². The molecule has 5 atom stereocenters. The van der Waals surface area contributed by atoms with Gasteiger partial charge in [-0.3, -0.25) is 0 Å². The number of benzene rings is 1. The molecule has 2 saturated heterocycles. The number of fused-ring (bicyclic) bond motifs is 1. The standard InChI is InChI=1S/C13H16O5/c14-9-6-16-10-7-17-13(18-12(10)11(9)15)8-4-2-1-3-5-8/h1-5,9-15H,6-7H2/t9-,10+,11+,12+,13-/m0/s1. The number of aliphatic hydroxyl groups excluding tert-OH is 2. The highest BCUT2D eigenvalue weighted by atomic mass is 16.7. The van der Waals surface area contributed by atoms with Crippen LogP contribution in [0.4, 0.5) is 0 Å². The van der Waals surface area contributed by atoms with Crippen molar-refractivity contribution in [1.29, 1.82) is 0 Å². The van der Waals surface area contributed by atoms with Crippen molar-refractivity contribution in [3.05, 3.63) is 35.9 Å². The molecule has 2 fully saturated rings. The first kappa shape index (κ1) is 12.1. The predicted octanol–water partition coefficient (Wildman–Crippen LogP) is 0.221. The summed E-state index contributed by atoms with van der Waals surface area (Å²) in [5, 5.41) is 19.5. The van der Waals surface area contributed by atoms with Crippen LogP contribution in [0.1, 0.15) is 11.9 Å². The van der Waals surface area contributed by atoms with Gasteiger partial charge >= 0.3 is 0 Å². The molecule has 2 heterocycles. The van der Waals surface area contributed by atoms with Gasteiger partial charge in [0.1, 0.15) is 24.4 Å². The van der Waals surface area contributed by atoms with E-state index >= 15 is 0 Å². The van der Waals surface area contributed by atoms with Crippen LogP contribution in [0.25, 0.3) is 0 Å². The molecule has 0 aliphatic carbocycles. The Labute approximate surface area is 105 Å². The summed E-state index contributed by atoms with van der Waals surface area (Å²) in [6.07, 6.45) is -3.22. The zero-order valence-corrected chi connectivity index (χ0v) is 9.81. The number of hydrogen-bond acceptors (Lipinski definition) is 5. The molecule has 2 aliphatic heterocycles. The van der Waals surface area contributed by atoms with E-state index in [4.69, 9.17) is 14.2 Å². The molecule has 5 heteroatoms. The monoisotopic (exact) mass is 252 g/mol. The van der Waals surface area contributed by atoms with E-state index in [1.54, 1.807) is 0 Å². The van der Waals surface area contributed by atoms with Crippen LogP contribution in [-0.4, -0.2) is 47.8 Å². The highest BCUT2D eigenvalue weighted by Gasteiger charge is 2.44. The Hall–Kier alpha value is -0.980. The largest absolute Gasteiger partial charge is 0.388 e. The summed E-state index contributed by atoms with van der Waals surface area (Å²) in [4.78, 5) is 0. The Morgan fingerprint density at radius 2 is 1.78 bits per heavy atom. The Kier molecular flexibility index (Phi) is 3.32. The first-order valence-electron chi connectivity index (χ1n) is 6.05. The summed E-state index contributed by atoms with van der Waals surface area (Å²) in [6.45, 7) is 0.471. The average Bonchev–Trinajstić information content (AvgIpc) is 2.44. The van der Waals surface area contributed by atoms with E-state index in [1.165, 1.54) is 0 Å². The van der Waals surface area contributed by atoms with E-state index in [9.17, 15) is 10.2 Å². The molecule has 0 bridgehead atoms. The maximum atomic E-state index is 9.93. The topological polar surface area (TPSA) is 68.2 Å². The molecule has 0 amide bonds. The van der Waals surface area contributed by atoms with Crippen molar-refractivity contribution in [2.24, 2.45) is 0 Å². The lowest BCUT2D eigenvalue weighted by Gasteiger charge is -2.43. The minimum atomic E-state index is -0.932. The first-order chi connectivity index (χ1) is 8.75. The first-order valence-corrected chi connectivity index (χ1v) is 6.05. The lowest BCUT2D eigenvalue weighted by atomic mass is 9.99. The molecular formula is C13H16O5. The quantitative estimate of drug-likeness (QED) is 0.748. The maximum Gasteiger partial charge on any atom is 0.184 e. The summed E-state index contributed by atoms with van der Waals surface area (Å²) in [5.41, 5.74) is 0.892. The van der Waals surface area contributed by atoms with Gasteiger partial charge in [0.05, 0.1) is 13.2 Å². The SMILES string of the molecule is O[C@H]1[C@@H]2O[C@@H](c3ccccc3)OC[C@H]2OC[C@@H]1O. The number of rotatable bonds is 1. The van der Waals surface area contributed by atoms with Crippen molar-refractivity contribution in [2.45, 2.75) is 30.7 Å². The third kappa shape index (κ3) is 2.15. The minimum Gasteiger partial charge on any atom is -0.388 e. The summed E-state index contributed by atoms with van der Waals surface area (Å²) in [7, 11) is 0. The van der Waals surface area contributed by atoms with Crippen LogP contribution >= 0.6 is 0 Å². The molecular weight excluding hydrogens is 236 g/mol. The highest BCUT2D eigenvalue weighted by molar-refractivity contribution is 5.16. The van der Waals surface area contributed by atoms with Gasteiger partial charge in [-0.1, -0.05) is 30.3 Å². The van der Waals surface area contributed by atoms with Gasteiger partial charge in [0.2, 0.25) is 0 Å². The summed E-state index contributed by atoms with van der Waals surface area (Å²) in [6, 6.07) is 9.51. The molecule has 1 aromatic rings. The highest BCUT2D eigenvalue weighted by Crippen LogP contribution is 2.31. The van der Waals surface area contributed by atoms with E-state index in [1.807, 2.05) is 30.3 Å². The average molecular weight is 252 g/mol. The van der Waals surface area contributed by atoms with Crippen LogP contribution in [-0.2, 0) is 14.2 Å². The molecule has 0 radical (unpaired) electrons. The van der Waals surface area contributed by atoms with Crippen molar-refractivity contribution in [3.8, 4) is 0 Å². The second-order valence-corrected chi connectivity index (χ2v) is 4.61. The Bertz CT molecular complexity index is 394. The fourth-order valence-electron chi connectivity index (χ4n) is 2.31. The molecule has 0 unspecified atom stereocenters. The fraction of sp³-hybridized carbons (Fsp3) is 0.538. The fourth-order valence-corrected chi connectivity index (χ4v) is 2.31.